The molecule has 0 aliphatic heterocycles. The summed E-state index contributed by atoms with van der Waals surface area (Å²) in [6.07, 6.45) is 0. The van der Waals surface area contributed by atoms with Gasteiger partial charge in [-0.25, -0.2) is 8.42 Å². The van der Waals surface area contributed by atoms with Crippen molar-refractivity contribution in [1.82, 2.24) is 5.32 Å². The molecule has 0 aliphatic rings. The van der Waals surface area contributed by atoms with E-state index < -0.39 is 9.84 Å². The first-order valence-electron chi connectivity index (χ1n) is 4.50. The average molecular weight is 250 g/mol. The van der Waals surface area contributed by atoms with E-state index in [2.05, 4.69) is 5.32 Å². The number of hydrogen-bond donors (Lipinski definition) is 1. The molecule has 0 saturated carbocycles. The molecule has 0 atom stereocenters. The molecule has 0 spiro atoms. The quantitative estimate of drug-likeness (QED) is 0.878. The summed E-state index contributed by atoms with van der Waals surface area (Å²) in [6.45, 7) is 2.42. The second-order valence-corrected chi connectivity index (χ2v) is 5.34. The number of sulfone groups is 1. The molecule has 0 unspecified atom stereocenters. The van der Waals surface area contributed by atoms with Crippen LogP contribution >= 0.6 is 12.4 Å². The maximum Gasteiger partial charge on any atom is 0.179 e. The fourth-order valence-electron chi connectivity index (χ4n) is 1.10. The number of hydrogen-bond acceptors (Lipinski definition) is 3. The van der Waals surface area contributed by atoms with Crippen LogP contribution in [0, 0.1) is 6.92 Å². The van der Waals surface area contributed by atoms with Crippen LogP contribution in [0.15, 0.2) is 29.2 Å². The molecule has 15 heavy (non-hydrogen) atoms. The van der Waals surface area contributed by atoms with Crippen LogP contribution in [0.3, 0.4) is 0 Å². The molecule has 1 rings (SSSR count). The van der Waals surface area contributed by atoms with Gasteiger partial charge in [-0.3, -0.25) is 0 Å². The molecule has 0 fully saturated rings. The van der Waals surface area contributed by atoms with Gasteiger partial charge >= 0.3 is 0 Å². The summed E-state index contributed by atoms with van der Waals surface area (Å²) < 4.78 is 23.3. The van der Waals surface area contributed by atoms with Crippen molar-refractivity contribution in [3.05, 3.63) is 29.8 Å². The number of aryl methyl sites for hydroxylation is 1. The number of nitrogens with one attached hydrogen (secondary N) is 1. The zero-order valence-corrected chi connectivity index (χ0v) is 10.5. The average Bonchev–Trinajstić information content (AvgIpc) is 2.16. The summed E-state index contributed by atoms with van der Waals surface area (Å²) >= 11 is 0. The molecule has 0 amide bonds. The fourth-order valence-corrected chi connectivity index (χ4v) is 2.36. The number of rotatable bonds is 4. The third-order valence-corrected chi connectivity index (χ3v) is 3.73. The van der Waals surface area contributed by atoms with Gasteiger partial charge < -0.3 is 5.32 Å². The van der Waals surface area contributed by atoms with Gasteiger partial charge in [-0.1, -0.05) is 17.7 Å². The largest absolute Gasteiger partial charge is 0.319 e. The monoisotopic (exact) mass is 249 g/mol. The summed E-state index contributed by atoms with van der Waals surface area (Å²) in [4.78, 5) is 0.401. The van der Waals surface area contributed by atoms with E-state index in [1.807, 2.05) is 19.1 Å². The smallest absolute Gasteiger partial charge is 0.179 e. The van der Waals surface area contributed by atoms with Crippen LogP contribution in [-0.4, -0.2) is 27.8 Å². The molecule has 1 aromatic rings. The minimum atomic E-state index is -3.10. The Hall–Kier alpha value is -0.580. The predicted molar refractivity (Wildman–Crippen MR) is 64.4 cm³/mol. The van der Waals surface area contributed by atoms with Crippen LogP contribution in [0.25, 0.3) is 0 Å². The van der Waals surface area contributed by atoms with Crippen LogP contribution < -0.4 is 5.32 Å². The highest BCUT2D eigenvalue weighted by Crippen LogP contribution is 2.11. The van der Waals surface area contributed by atoms with Crippen molar-refractivity contribution >= 4 is 22.2 Å². The SMILES string of the molecule is CNCCS(=O)(=O)c1ccc(C)cc1.Cl. The lowest BCUT2D eigenvalue weighted by molar-refractivity contribution is 0.593. The Morgan fingerprint density at radius 1 is 1.20 bits per heavy atom. The molecule has 0 aliphatic carbocycles. The van der Waals surface area contributed by atoms with Crippen LogP contribution in [-0.2, 0) is 9.84 Å². The summed E-state index contributed by atoms with van der Waals surface area (Å²) in [7, 11) is -1.36. The summed E-state index contributed by atoms with van der Waals surface area (Å²) in [5, 5.41) is 2.83. The number of halogens is 1. The Bertz CT molecular complexity index is 386. The van der Waals surface area contributed by atoms with E-state index in [-0.39, 0.29) is 18.2 Å². The lowest BCUT2D eigenvalue weighted by atomic mass is 10.2. The molecule has 1 aromatic carbocycles. The maximum atomic E-state index is 11.7. The number of benzene rings is 1. The van der Waals surface area contributed by atoms with Crippen molar-refractivity contribution in [1.29, 1.82) is 0 Å². The van der Waals surface area contributed by atoms with E-state index >= 15 is 0 Å². The molecule has 0 bridgehead atoms. The van der Waals surface area contributed by atoms with E-state index in [1.54, 1.807) is 19.2 Å². The van der Waals surface area contributed by atoms with Crippen LogP contribution in [0.1, 0.15) is 5.56 Å². The lowest BCUT2D eigenvalue weighted by Gasteiger charge is -2.03. The minimum absolute atomic E-state index is 0. The summed E-state index contributed by atoms with van der Waals surface area (Å²) in [5.41, 5.74) is 1.07. The Balaban J connectivity index is 0.00000196. The van der Waals surface area contributed by atoms with Crippen LogP contribution in [0.5, 0.6) is 0 Å². The molecular formula is C10H16ClNO2S. The second-order valence-electron chi connectivity index (χ2n) is 3.24. The Morgan fingerprint density at radius 3 is 2.20 bits per heavy atom. The van der Waals surface area contributed by atoms with Gasteiger partial charge in [-0.05, 0) is 26.1 Å². The third-order valence-electron chi connectivity index (χ3n) is 2.00. The molecule has 0 saturated heterocycles. The van der Waals surface area contributed by atoms with Gasteiger partial charge in [0, 0.05) is 6.54 Å². The summed E-state index contributed by atoms with van der Waals surface area (Å²) in [5.74, 6) is 0.145. The maximum absolute atomic E-state index is 11.7. The van der Waals surface area contributed by atoms with E-state index in [1.165, 1.54) is 0 Å². The highest BCUT2D eigenvalue weighted by atomic mass is 35.5. The van der Waals surface area contributed by atoms with Crippen LogP contribution in [0.4, 0.5) is 0 Å². The fraction of sp³-hybridized carbons (Fsp3) is 0.400. The molecule has 86 valence electrons. The van der Waals surface area contributed by atoms with Gasteiger partial charge in [0.2, 0.25) is 0 Å². The topological polar surface area (TPSA) is 46.2 Å². The van der Waals surface area contributed by atoms with E-state index in [0.717, 1.165) is 5.56 Å². The predicted octanol–water partition coefficient (Wildman–Crippen LogP) is 1.41. The van der Waals surface area contributed by atoms with Crippen molar-refractivity contribution in [2.24, 2.45) is 0 Å². The molecule has 3 nitrogen and oxygen atoms in total. The molecule has 0 heterocycles. The molecule has 0 aromatic heterocycles. The van der Waals surface area contributed by atoms with Gasteiger partial charge in [0.05, 0.1) is 10.6 Å². The normalized spacial score (nSPS) is 10.8. The second kappa shape index (κ2) is 6.10. The first kappa shape index (κ1) is 14.4. The van der Waals surface area contributed by atoms with Gasteiger partial charge in [-0.15, -0.1) is 12.4 Å². The molecular weight excluding hydrogens is 234 g/mol. The highest BCUT2D eigenvalue weighted by molar-refractivity contribution is 7.91. The zero-order valence-electron chi connectivity index (χ0n) is 8.86. The molecule has 0 radical (unpaired) electrons. The van der Waals surface area contributed by atoms with E-state index in [0.29, 0.717) is 11.4 Å². The Labute approximate surface area is 97.2 Å². The van der Waals surface area contributed by atoms with Gasteiger partial charge in [-0.2, -0.15) is 0 Å². The Morgan fingerprint density at radius 2 is 1.73 bits per heavy atom. The third kappa shape index (κ3) is 4.20. The highest BCUT2D eigenvalue weighted by Gasteiger charge is 2.12. The van der Waals surface area contributed by atoms with Crippen molar-refractivity contribution in [2.45, 2.75) is 11.8 Å². The standard InChI is InChI=1S/C10H15NO2S.ClH/c1-9-3-5-10(6-4-9)14(12,13)8-7-11-2;/h3-6,11H,7-8H2,1-2H3;1H. The van der Waals surface area contributed by atoms with Crippen LogP contribution in [0.2, 0.25) is 0 Å². The van der Waals surface area contributed by atoms with Gasteiger partial charge in [0.1, 0.15) is 0 Å². The van der Waals surface area contributed by atoms with Gasteiger partial charge in [0.25, 0.3) is 0 Å². The Kier molecular flexibility index (Phi) is 5.87. The first-order chi connectivity index (χ1) is 6.56. The summed E-state index contributed by atoms with van der Waals surface area (Å²) in [6, 6.07) is 6.93. The first-order valence-corrected chi connectivity index (χ1v) is 6.15. The molecule has 5 heteroatoms. The van der Waals surface area contributed by atoms with Crippen molar-refractivity contribution < 1.29 is 8.42 Å². The lowest BCUT2D eigenvalue weighted by Crippen LogP contribution is -2.19. The minimum Gasteiger partial charge on any atom is -0.319 e. The van der Waals surface area contributed by atoms with Crippen molar-refractivity contribution in [3.63, 3.8) is 0 Å². The van der Waals surface area contributed by atoms with E-state index in [4.69, 9.17) is 0 Å². The van der Waals surface area contributed by atoms with Gasteiger partial charge in [0.15, 0.2) is 9.84 Å². The van der Waals surface area contributed by atoms with Crippen molar-refractivity contribution in [3.8, 4) is 0 Å². The zero-order chi connectivity index (χ0) is 10.6. The van der Waals surface area contributed by atoms with E-state index in [9.17, 15) is 8.42 Å². The van der Waals surface area contributed by atoms with Crippen molar-refractivity contribution in [2.75, 3.05) is 19.3 Å². The molecule has 1 N–H and O–H groups in total.